The molecule has 0 saturated carbocycles. The zero-order valence-electron chi connectivity index (χ0n) is 9.65. The third kappa shape index (κ3) is 2.83. The highest BCUT2D eigenvalue weighted by Crippen LogP contribution is 2.20. The van der Waals surface area contributed by atoms with Crippen molar-refractivity contribution in [3.63, 3.8) is 0 Å². The fourth-order valence-corrected chi connectivity index (χ4v) is 1.30. The number of anilines is 1. The molecule has 0 aliphatic rings. The van der Waals surface area contributed by atoms with Crippen molar-refractivity contribution in [2.24, 2.45) is 10.9 Å². The summed E-state index contributed by atoms with van der Waals surface area (Å²) >= 11 is 0. The summed E-state index contributed by atoms with van der Waals surface area (Å²) in [5.74, 6) is -0.0720. The molecule has 9 heteroatoms. The van der Waals surface area contributed by atoms with Crippen LogP contribution in [-0.2, 0) is 0 Å². The number of aliphatic hydroxyl groups excluding tert-OH is 1. The minimum absolute atomic E-state index is 0.0892. The zero-order chi connectivity index (χ0) is 13.7. The second-order valence-electron chi connectivity index (χ2n) is 3.42. The van der Waals surface area contributed by atoms with Crippen molar-refractivity contribution in [1.29, 1.82) is 0 Å². The van der Waals surface area contributed by atoms with Crippen molar-refractivity contribution in [2.75, 3.05) is 25.1 Å². The van der Waals surface area contributed by atoms with Crippen LogP contribution in [0.25, 0.3) is 0 Å². The van der Waals surface area contributed by atoms with Gasteiger partial charge in [-0.25, -0.2) is 4.98 Å². The molecule has 98 valence electrons. The number of rotatable bonds is 5. The molecule has 4 N–H and O–H groups in total. The standard InChI is InChI=1S/C9H13N5O4/c1-13(4-5-15)7-3-2-6(14(17)18)8(11-7)9(10)12-16/h2-3,15-16H,4-5H2,1H3,(H2,10,12). The Kier molecular flexibility index (Phi) is 4.38. The SMILES string of the molecule is CN(CCO)c1ccc([N+](=O)[O-])c(/C(N)=N/O)n1. The lowest BCUT2D eigenvalue weighted by molar-refractivity contribution is -0.385. The van der Waals surface area contributed by atoms with Gasteiger partial charge in [0.25, 0.3) is 5.69 Å². The average molecular weight is 255 g/mol. The summed E-state index contributed by atoms with van der Waals surface area (Å²) in [7, 11) is 1.65. The summed E-state index contributed by atoms with van der Waals surface area (Å²) in [6.45, 7) is 0.217. The Morgan fingerprint density at radius 3 is 2.83 bits per heavy atom. The smallest absolute Gasteiger partial charge is 0.298 e. The van der Waals surface area contributed by atoms with E-state index in [9.17, 15) is 10.1 Å². The Hall–Kier alpha value is -2.42. The number of aromatic nitrogens is 1. The number of amidine groups is 1. The number of pyridine rings is 1. The lowest BCUT2D eigenvalue weighted by atomic mass is 10.2. The Morgan fingerprint density at radius 1 is 1.67 bits per heavy atom. The molecule has 0 atom stereocenters. The molecule has 0 saturated heterocycles. The van der Waals surface area contributed by atoms with Crippen LogP contribution in [-0.4, -0.2) is 46.3 Å². The lowest BCUT2D eigenvalue weighted by Gasteiger charge is -2.17. The zero-order valence-corrected chi connectivity index (χ0v) is 9.65. The average Bonchev–Trinajstić information content (AvgIpc) is 2.37. The largest absolute Gasteiger partial charge is 0.409 e. The Balaban J connectivity index is 3.25. The van der Waals surface area contributed by atoms with Crippen LogP contribution in [0.5, 0.6) is 0 Å². The van der Waals surface area contributed by atoms with Crippen molar-refractivity contribution in [3.8, 4) is 0 Å². The highest BCUT2D eigenvalue weighted by Gasteiger charge is 2.20. The number of nitrogens with two attached hydrogens (primary N) is 1. The predicted molar refractivity (Wildman–Crippen MR) is 63.8 cm³/mol. The number of hydrogen-bond acceptors (Lipinski definition) is 7. The van der Waals surface area contributed by atoms with Gasteiger partial charge in [0.1, 0.15) is 5.82 Å². The van der Waals surface area contributed by atoms with Crippen LogP contribution in [0.3, 0.4) is 0 Å². The molecule has 9 nitrogen and oxygen atoms in total. The van der Waals surface area contributed by atoms with E-state index >= 15 is 0 Å². The van der Waals surface area contributed by atoms with Crippen LogP contribution >= 0.6 is 0 Å². The van der Waals surface area contributed by atoms with Crippen LogP contribution in [0.4, 0.5) is 11.5 Å². The number of likely N-dealkylation sites (N-methyl/N-ethyl adjacent to an activating group) is 1. The van der Waals surface area contributed by atoms with Crippen LogP contribution in [0.2, 0.25) is 0 Å². The fourth-order valence-electron chi connectivity index (χ4n) is 1.30. The molecule has 1 heterocycles. The van der Waals surface area contributed by atoms with E-state index in [0.29, 0.717) is 12.4 Å². The Bertz CT molecular complexity index is 476. The summed E-state index contributed by atoms with van der Waals surface area (Å²) in [4.78, 5) is 15.6. The number of nitrogens with zero attached hydrogens (tertiary/aromatic N) is 4. The van der Waals surface area contributed by atoms with Gasteiger partial charge in [0.05, 0.1) is 11.5 Å². The first-order valence-electron chi connectivity index (χ1n) is 4.96. The molecule has 0 aromatic carbocycles. The van der Waals surface area contributed by atoms with Crippen molar-refractivity contribution in [1.82, 2.24) is 4.98 Å². The summed E-state index contributed by atoms with van der Waals surface area (Å²) < 4.78 is 0. The molecule has 1 rings (SSSR count). The van der Waals surface area contributed by atoms with Crippen LogP contribution in [0, 0.1) is 10.1 Å². The van der Waals surface area contributed by atoms with Crippen LogP contribution in [0.15, 0.2) is 17.3 Å². The molecular formula is C9H13N5O4. The highest BCUT2D eigenvalue weighted by atomic mass is 16.6. The first-order valence-corrected chi connectivity index (χ1v) is 4.96. The molecule has 18 heavy (non-hydrogen) atoms. The van der Waals surface area contributed by atoms with E-state index in [2.05, 4.69) is 10.1 Å². The molecule has 0 aliphatic carbocycles. The summed E-state index contributed by atoms with van der Waals surface area (Å²) in [5.41, 5.74) is 4.77. The van der Waals surface area contributed by atoms with Gasteiger partial charge in [0.15, 0.2) is 11.5 Å². The van der Waals surface area contributed by atoms with E-state index in [-0.39, 0.29) is 18.0 Å². The Labute approximate surface area is 102 Å². The monoisotopic (exact) mass is 255 g/mol. The van der Waals surface area contributed by atoms with E-state index in [4.69, 9.17) is 16.0 Å². The number of hydrogen-bond donors (Lipinski definition) is 3. The van der Waals surface area contributed by atoms with Gasteiger partial charge in [-0.1, -0.05) is 5.16 Å². The minimum atomic E-state index is -0.670. The first kappa shape index (κ1) is 13.6. The second-order valence-corrected chi connectivity index (χ2v) is 3.42. The van der Waals surface area contributed by atoms with Gasteiger partial charge in [-0.2, -0.15) is 0 Å². The molecule has 1 aromatic heterocycles. The lowest BCUT2D eigenvalue weighted by Crippen LogP contribution is -2.24. The maximum Gasteiger partial charge on any atom is 0.298 e. The number of nitro groups is 1. The van der Waals surface area contributed by atoms with Gasteiger partial charge in [-0.15, -0.1) is 0 Å². The van der Waals surface area contributed by atoms with E-state index in [1.54, 1.807) is 11.9 Å². The van der Waals surface area contributed by atoms with Crippen molar-refractivity contribution < 1.29 is 15.2 Å². The molecule has 0 radical (unpaired) electrons. The van der Waals surface area contributed by atoms with E-state index < -0.39 is 10.8 Å². The van der Waals surface area contributed by atoms with Gasteiger partial charge in [0, 0.05) is 19.7 Å². The van der Waals surface area contributed by atoms with Gasteiger partial charge < -0.3 is 20.9 Å². The van der Waals surface area contributed by atoms with E-state index in [1.165, 1.54) is 12.1 Å². The van der Waals surface area contributed by atoms with Gasteiger partial charge in [-0.3, -0.25) is 10.1 Å². The molecule has 0 amide bonds. The number of aliphatic hydroxyl groups is 1. The first-order chi connectivity index (χ1) is 8.51. The third-order valence-corrected chi connectivity index (χ3v) is 2.23. The van der Waals surface area contributed by atoms with Gasteiger partial charge in [0.2, 0.25) is 0 Å². The molecule has 0 aliphatic heterocycles. The van der Waals surface area contributed by atoms with Crippen LogP contribution in [0.1, 0.15) is 5.69 Å². The molecule has 1 aromatic rings. The fraction of sp³-hybridized carbons (Fsp3) is 0.333. The summed E-state index contributed by atoms with van der Waals surface area (Å²) in [5, 5.41) is 30.8. The quantitative estimate of drug-likeness (QED) is 0.212. The minimum Gasteiger partial charge on any atom is -0.409 e. The molecule has 0 bridgehead atoms. The molecular weight excluding hydrogens is 242 g/mol. The topological polar surface area (TPSA) is 138 Å². The highest BCUT2D eigenvalue weighted by molar-refractivity contribution is 5.99. The van der Waals surface area contributed by atoms with Gasteiger partial charge >= 0.3 is 0 Å². The molecule has 0 spiro atoms. The van der Waals surface area contributed by atoms with Crippen molar-refractivity contribution in [3.05, 3.63) is 27.9 Å². The maximum atomic E-state index is 10.8. The van der Waals surface area contributed by atoms with Gasteiger partial charge in [-0.05, 0) is 6.07 Å². The third-order valence-electron chi connectivity index (χ3n) is 2.23. The Morgan fingerprint density at radius 2 is 2.33 bits per heavy atom. The van der Waals surface area contributed by atoms with Crippen molar-refractivity contribution in [2.45, 2.75) is 0 Å². The van der Waals surface area contributed by atoms with E-state index in [0.717, 1.165) is 0 Å². The van der Waals surface area contributed by atoms with Crippen LogP contribution < -0.4 is 10.6 Å². The predicted octanol–water partition coefficient (Wildman–Crippen LogP) is -0.487. The molecule has 0 fully saturated rings. The summed E-state index contributed by atoms with van der Waals surface area (Å²) in [6.07, 6.45) is 0. The number of oxime groups is 1. The summed E-state index contributed by atoms with van der Waals surface area (Å²) in [6, 6.07) is 2.63. The normalized spacial score (nSPS) is 11.3. The molecule has 0 unspecified atom stereocenters. The second kappa shape index (κ2) is 5.77. The van der Waals surface area contributed by atoms with Crippen molar-refractivity contribution >= 4 is 17.3 Å². The maximum absolute atomic E-state index is 10.8. The van der Waals surface area contributed by atoms with E-state index in [1.807, 2.05) is 0 Å².